The summed E-state index contributed by atoms with van der Waals surface area (Å²) in [5.74, 6) is 0.340. The number of carbonyl (C=O) groups is 1. The molecule has 0 aromatic rings. The third kappa shape index (κ3) is 25.8. The van der Waals surface area contributed by atoms with Crippen molar-refractivity contribution in [2.75, 3.05) is 0 Å². The molecular formula is C30H60O. The van der Waals surface area contributed by atoms with Crippen molar-refractivity contribution in [1.82, 2.24) is 0 Å². The van der Waals surface area contributed by atoms with E-state index in [1.54, 1.807) is 0 Å². The van der Waals surface area contributed by atoms with Crippen molar-refractivity contribution in [2.45, 2.75) is 181 Å². The van der Waals surface area contributed by atoms with Gasteiger partial charge in [-0.3, -0.25) is 0 Å². The predicted molar refractivity (Wildman–Crippen MR) is 141 cm³/mol. The molecule has 0 saturated heterocycles. The van der Waals surface area contributed by atoms with Crippen LogP contribution in [0.15, 0.2) is 0 Å². The minimum Gasteiger partial charge on any atom is -0.303 e. The molecule has 1 heteroatoms. The predicted octanol–water partition coefficient (Wildman–Crippen LogP) is 11.0. The summed E-state index contributed by atoms with van der Waals surface area (Å²) in [5.41, 5.74) is 0. The molecule has 0 aliphatic heterocycles. The molecule has 0 heterocycles. The smallest absolute Gasteiger partial charge is 0.123 e. The summed E-state index contributed by atoms with van der Waals surface area (Å²) in [4.78, 5) is 11.3. The molecule has 186 valence electrons. The van der Waals surface area contributed by atoms with Gasteiger partial charge in [-0.1, -0.05) is 168 Å². The van der Waals surface area contributed by atoms with Crippen molar-refractivity contribution in [3.8, 4) is 0 Å². The molecule has 0 spiro atoms. The first-order valence-electron chi connectivity index (χ1n) is 14.8. The summed E-state index contributed by atoms with van der Waals surface area (Å²) in [5, 5.41) is 0. The molecule has 31 heavy (non-hydrogen) atoms. The van der Waals surface area contributed by atoms with E-state index < -0.39 is 0 Å². The molecule has 0 aliphatic rings. The van der Waals surface area contributed by atoms with E-state index in [2.05, 4.69) is 13.8 Å². The van der Waals surface area contributed by atoms with Crippen LogP contribution in [0.4, 0.5) is 0 Å². The second kappa shape index (κ2) is 27.7. The van der Waals surface area contributed by atoms with Gasteiger partial charge in [0, 0.05) is 5.92 Å². The lowest BCUT2D eigenvalue weighted by molar-refractivity contribution is -0.111. The zero-order chi connectivity index (χ0) is 22.7. The summed E-state index contributed by atoms with van der Waals surface area (Å²) in [6, 6.07) is 0. The molecule has 1 nitrogen and oxygen atoms in total. The van der Waals surface area contributed by atoms with E-state index in [1.165, 1.54) is 160 Å². The van der Waals surface area contributed by atoms with Crippen LogP contribution in [-0.4, -0.2) is 6.29 Å². The van der Waals surface area contributed by atoms with Gasteiger partial charge < -0.3 is 4.79 Å². The zero-order valence-corrected chi connectivity index (χ0v) is 21.9. The number of carbonyl (C=O) groups excluding carboxylic acids is 1. The van der Waals surface area contributed by atoms with Gasteiger partial charge in [-0.15, -0.1) is 0 Å². The third-order valence-electron chi connectivity index (χ3n) is 7.05. The number of unbranched alkanes of at least 4 members (excludes halogenated alkanes) is 22. The molecule has 0 aromatic heterocycles. The van der Waals surface area contributed by atoms with Crippen LogP contribution in [0.1, 0.15) is 181 Å². The summed E-state index contributed by atoms with van der Waals surface area (Å²) in [6.07, 6.45) is 37.1. The SMILES string of the molecule is CCCCCCCCCCCCCCCCCCCC(C=O)CCCCCCCCC. The molecule has 0 aliphatic carbocycles. The van der Waals surface area contributed by atoms with Crippen LogP contribution < -0.4 is 0 Å². The highest BCUT2D eigenvalue weighted by Gasteiger charge is 2.06. The molecule has 0 radical (unpaired) electrons. The van der Waals surface area contributed by atoms with Crippen molar-refractivity contribution in [2.24, 2.45) is 5.92 Å². The van der Waals surface area contributed by atoms with Gasteiger partial charge in [0.15, 0.2) is 0 Å². The Morgan fingerprint density at radius 3 is 0.839 bits per heavy atom. The van der Waals surface area contributed by atoms with E-state index >= 15 is 0 Å². The molecule has 1 unspecified atom stereocenters. The van der Waals surface area contributed by atoms with E-state index in [9.17, 15) is 4.79 Å². The second-order valence-corrected chi connectivity index (χ2v) is 10.3. The summed E-state index contributed by atoms with van der Waals surface area (Å²) in [7, 11) is 0. The van der Waals surface area contributed by atoms with Crippen molar-refractivity contribution >= 4 is 6.29 Å². The zero-order valence-electron chi connectivity index (χ0n) is 21.9. The fourth-order valence-corrected chi connectivity index (χ4v) is 4.78. The quantitative estimate of drug-likeness (QED) is 0.0923. The van der Waals surface area contributed by atoms with Gasteiger partial charge in [0.05, 0.1) is 0 Å². The van der Waals surface area contributed by atoms with Gasteiger partial charge in [-0.2, -0.15) is 0 Å². The Bertz CT molecular complexity index is 324. The Balaban J connectivity index is 3.22. The summed E-state index contributed by atoms with van der Waals surface area (Å²) in [6.45, 7) is 4.57. The first kappa shape index (κ1) is 30.7. The average Bonchev–Trinajstić information content (AvgIpc) is 2.79. The highest BCUT2D eigenvalue weighted by molar-refractivity contribution is 5.53. The van der Waals surface area contributed by atoms with Gasteiger partial charge in [0.2, 0.25) is 0 Å². The van der Waals surface area contributed by atoms with Gasteiger partial charge in [0.25, 0.3) is 0 Å². The fraction of sp³-hybridized carbons (Fsp3) is 0.967. The van der Waals surface area contributed by atoms with E-state index in [4.69, 9.17) is 0 Å². The lowest BCUT2D eigenvalue weighted by atomic mass is 9.95. The van der Waals surface area contributed by atoms with Crippen molar-refractivity contribution in [1.29, 1.82) is 0 Å². The number of aldehydes is 1. The topological polar surface area (TPSA) is 17.1 Å². The van der Waals surface area contributed by atoms with Crippen molar-refractivity contribution in [3.05, 3.63) is 0 Å². The average molecular weight is 437 g/mol. The van der Waals surface area contributed by atoms with Crippen LogP contribution in [-0.2, 0) is 4.79 Å². The maximum Gasteiger partial charge on any atom is 0.123 e. The fourth-order valence-electron chi connectivity index (χ4n) is 4.78. The molecule has 1 atom stereocenters. The van der Waals surface area contributed by atoms with Crippen LogP contribution in [0.5, 0.6) is 0 Å². The molecule has 0 saturated carbocycles. The van der Waals surface area contributed by atoms with E-state index in [-0.39, 0.29) is 0 Å². The molecule has 0 N–H and O–H groups in total. The van der Waals surface area contributed by atoms with E-state index in [0.29, 0.717) is 5.92 Å². The number of hydrogen-bond acceptors (Lipinski definition) is 1. The van der Waals surface area contributed by atoms with Crippen molar-refractivity contribution < 1.29 is 4.79 Å². The Labute approximate surface area is 197 Å². The summed E-state index contributed by atoms with van der Waals surface area (Å²) < 4.78 is 0. The Hall–Kier alpha value is -0.330. The molecule has 0 rings (SSSR count). The van der Waals surface area contributed by atoms with Crippen LogP contribution in [0.3, 0.4) is 0 Å². The Morgan fingerprint density at radius 2 is 0.613 bits per heavy atom. The molecule has 0 amide bonds. The maximum atomic E-state index is 11.3. The largest absolute Gasteiger partial charge is 0.303 e. The first-order valence-corrected chi connectivity index (χ1v) is 14.8. The minimum absolute atomic E-state index is 0.340. The summed E-state index contributed by atoms with van der Waals surface area (Å²) >= 11 is 0. The third-order valence-corrected chi connectivity index (χ3v) is 7.05. The molecular weight excluding hydrogens is 376 g/mol. The first-order chi connectivity index (χ1) is 15.3. The van der Waals surface area contributed by atoms with E-state index in [1.807, 2.05) is 0 Å². The highest BCUT2D eigenvalue weighted by Crippen LogP contribution is 2.18. The monoisotopic (exact) mass is 436 g/mol. The lowest BCUT2D eigenvalue weighted by Gasteiger charge is -2.10. The lowest BCUT2D eigenvalue weighted by Crippen LogP contribution is -2.02. The van der Waals surface area contributed by atoms with Crippen LogP contribution >= 0.6 is 0 Å². The molecule has 0 bridgehead atoms. The second-order valence-electron chi connectivity index (χ2n) is 10.3. The Morgan fingerprint density at radius 1 is 0.387 bits per heavy atom. The number of rotatable bonds is 27. The van der Waals surface area contributed by atoms with E-state index in [0.717, 1.165) is 12.8 Å². The van der Waals surface area contributed by atoms with Gasteiger partial charge in [-0.05, 0) is 12.8 Å². The molecule has 0 aromatic carbocycles. The van der Waals surface area contributed by atoms with Gasteiger partial charge in [0.1, 0.15) is 6.29 Å². The standard InChI is InChI=1S/C30H60O/c1-3-5-7-9-11-12-13-14-15-16-17-18-19-20-22-24-26-28-30(29-31)27-25-23-21-10-8-6-4-2/h29-30H,3-28H2,1-2H3. The normalized spacial score (nSPS) is 12.3. The van der Waals surface area contributed by atoms with Gasteiger partial charge in [-0.25, -0.2) is 0 Å². The van der Waals surface area contributed by atoms with Crippen LogP contribution in [0, 0.1) is 5.92 Å². The molecule has 0 fully saturated rings. The van der Waals surface area contributed by atoms with Crippen LogP contribution in [0.2, 0.25) is 0 Å². The minimum atomic E-state index is 0.340. The van der Waals surface area contributed by atoms with Crippen LogP contribution in [0.25, 0.3) is 0 Å². The maximum absolute atomic E-state index is 11.3. The highest BCUT2D eigenvalue weighted by atomic mass is 16.1. The van der Waals surface area contributed by atoms with Gasteiger partial charge >= 0.3 is 0 Å². The Kier molecular flexibility index (Phi) is 27.4. The number of hydrogen-bond donors (Lipinski definition) is 0. The van der Waals surface area contributed by atoms with Crippen molar-refractivity contribution in [3.63, 3.8) is 0 Å².